The number of nitrogens with zero attached hydrogens (tertiary/aromatic N) is 2. The van der Waals surface area contributed by atoms with E-state index < -0.39 is 10.0 Å². The van der Waals surface area contributed by atoms with E-state index in [1.54, 1.807) is 12.1 Å². The first-order valence-corrected chi connectivity index (χ1v) is 9.65. The molecule has 25 heavy (non-hydrogen) atoms. The fraction of sp³-hybridized carbons (Fsp3) is 0.211. The van der Waals surface area contributed by atoms with Crippen LogP contribution in [0.4, 0.5) is 5.69 Å². The quantitative estimate of drug-likeness (QED) is 0.767. The van der Waals surface area contributed by atoms with Crippen LogP contribution in [0, 0.1) is 13.8 Å². The molecule has 5 nitrogen and oxygen atoms in total. The highest BCUT2D eigenvalue weighted by Gasteiger charge is 2.30. The van der Waals surface area contributed by atoms with Crippen molar-refractivity contribution < 1.29 is 8.42 Å². The molecule has 0 amide bonds. The summed E-state index contributed by atoms with van der Waals surface area (Å²) in [5, 5.41) is 0. The molecule has 1 N–H and O–H groups in total. The molecule has 0 unspecified atom stereocenters. The van der Waals surface area contributed by atoms with Gasteiger partial charge in [0.15, 0.2) is 0 Å². The molecule has 0 bridgehead atoms. The number of hydrogen-bond acceptors (Lipinski definition) is 3. The molecule has 1 aliphatic rings. The molecule has 0 fully saturated rings. The number of H-pyrrole nitrogens is 1. The molecule has 1 aromatic heterocycles. The van der Waals surface area contributed by atoms with Crippen molar-refractivity contribution in [2.45, 2.75) is 25.2 Å². The zero-order valence-electron chi connectivity index (χ0n) is 14.2. The van der Waals surface area contributed by atoms with Crippen molar-refractivity contribution in [3.8, 4) is 11.3 Å². The van der Waals surface area contributed by atoms with Gasteiger partial charge in [0.2, 0.25) is 0 Å². The molecule has 0 atom stereocenters. The minimum Gasteiger partial charge on any atom is -0.342 e. The molecule has 2 aromatic carbocycles. The SMILES string of the molecule is Cc1ccc(S(=O)(=O)N2CCc3nc(C)[nH]c3-c3ccccc32)cc1. The predicted molar refractivity (Wildman–Crippen MR) is 98.2 cm³/mol. The third-order valence-electron chi connectivity index (χ3n) is 4.50. The van der Waals surface area contributed by atoms with Crippen LogP contribution in [0.15, 0.2) is 53.4 Å². The van der Waals surface area contributed by atoms with Crippen LogP contribution < -0.4 is 4.31 Å². The van der Waals surface area contributed by atoms with Gasteiger partial charge in [0.25, 0.3) is 10.0 Å². The van der Waals surface area contributed by atoms with Gasteiger partial charge in [-0.05, 0) is 32.0 Å². The van der Waals surface area contributed by atoms with Gasteiger partial charge in [-0.2, -0.15) is 0 Å². The molecule has 0 saturated carbocycles. The number of benzene rings is 2. The molecule has 1 aliphatic heterocycles. The Balaban J connectivity index is 1.88. The smallest absolute Gasteiger partial charge is 0.264 e. The summed E-state index contributed by atoms with van der Waals surface area (Å²) in [4.78, 5) is 8.12. The van der Waals surface area contributed by atoms with Crippen LogP contribution >= 0.6 is 0 Å². The highest BCUT2D eigenvalue weighted by Crippen LogP contribution is 2.37. The van der Waals surface area contributed by atoms with Crippen molar-refractivity contribution in [2.75, 3.05) is 10.8 Å². The number of fused-ring (bicyclic) bond motifs is 3. The van der Waals surface area contributed by atoms with Crippen LogP contribution in [-0.2, 0) is 16.4 Å². The lowest BCUT2D eigenvalue weighted by Crippen LogP contribution is -2.32. The molecule has 2 heterocycles. The molecule has 0 saturated heterocycles. The van der Waals surface area contributed by atoms with Crippen molar-refractivity contribution in [3.63, 3.8) is 0 Å². The maximum absolute atomic E-state index is 13.2. The van der Waals surface area contributed by atoms with Gasteiger partial charge in [-0.3, -0.25) is 4.31 Å². The summed E-state index contributed by atoms with van der Waals surface area (Å²) < 4.78 is 28.0. The Kier molecular flexibility index (Phi) is 3.65. The lowest BCUT2D eigenvalue weighted by Gasteiger charge is -2.24. The largest absolute Gasteiger partial charge is 0.342 e. The number of aryl methyl sites for hydroxylation is 2. The van der Waals surface area contributed by atoms with Crippen molar-refractivity contribution in [2.24, 2.45) is 0 Å². The molecular weight excluding hydrogens is 334 g/mol. The van der Waals surface area contributed by atoms with Crippen LogP contribution in [0.25, 0.3) is 11.3 Å². The van der Waals surface area contributed by atoms with E-state index in [2.05, 4.69) is 9.97 Å². The average Bonchev–Trinajstić information content (AvgIpc) is 2.89. The monoisotopic (exact) mass is 353 g/mol. The summed E-state index contributed by atoms with van der Waals surface area (Å²) in [6.45, 7) is 4.22. The summed E-state index contributed by atoms with van der Waals surface area (Å²) in [6, 6.07) is 14.6. The summed E-state index contributed by atoms with van der Waals surface area (Å²) in [5.74, 6) is 0.842. The van der Waals surface area contributed by atoms with Crippen LogP contribution in [0.5, 0.6) is 0 Å². The first-order chi connectivity index (χ1) is 12.0. The van der Waals surface area contributed by atoms with Gasteiger partial charge in [-0.1, -0.05) is 35.9 Å². The third kappa shape index (κ3) is 2.62. The number of anilines is 1. The zero-order chi connectivity index (χ0) is 17.6. The molecule has 128 valence electrons. The number of aromatic amines is 1. The highest BCUT2D eigenvalue weighted by molar-refractivity contribution is 7.92. The van der Waals surface area contributed by atoms with Gasteiger partial charge in [0.05, 0.1) is 22.0 Å². The van der Waals surface area contributed by atoms with Crippen LogP contribution in [0.2, 0.25) is 0 Å². The first kappa shape index (κ1) is 15.9. The fourth-order valence-electron chi connectivity index (χ4n) is 3.26. The van der Waals surface area contributed by atoms with Crippen LogP contribution in [-0.4, -0.2) is 24.9 Å². The summed E-state index contributed by atoms with van der Waals surface area (Å²) in [6.07, 6.45) is 0.569. The van der Waals surface area contributed by atoms with E-state index >= 15 is 0 Å². The van der Waals surface area contributed by atoms with Crippen molar-refractivity contribution in [3.05, 3.63) is 65.6 Å². The highest BCUT2D eigenvalue weighted by atomic mass is 32.2. The van der Waals surface area contributed by atoms with E-state index in [-0.39, 0.29) is 0 Å². The normalized spacial score (nSPS) is 13.9. The van der Waals surface area contributed by atoms with E-state index in [1.165, 1.54) is 4.31 Å². The Morgan fingerprint density at radius 1 is 1.04 bits per heavy atom. The second-order valence-corrected chi connectivity index (χ2v) is 8.16. The van der Waals surface area contributed by atoms with E-state index in [0.717, 1.165) is 28.3 Å². The van der Waals surface area contributed by atoms with Gasteiger partial charge in [0, 0.05) is 18.5 Å². The molecule has 0 radical (unpaired) electrons. The third-order valence-corrected chi connectivity index (χ3v) is 6.33. The Bertz CT molecular complexity index is 1040. The van der Waals surface area contributed by atoms with E-state index in [4.69, 9.17) is 0 Å². The Morgan fingerprint density at radius 3 is 2.52 bits per heavy atom. The van der Waals surface area contributed by atoms with Crippen molar-refractivity contribution in [1.29, 1.82) is 0 Å². The number of imidazole rings is 1. The van der Waals surface area contributed by atoms with E-state index in [0.29, 0.717) is 23.5 Å². The fourth-order valence-corrected chi connectivity index (χ4v) is 4.74. The number of para-hydroxylation sites is 1. The standard InChI is InChI=1S/C19H19N3O2S/c1-13-7-9-15(10-8-13)25(23,24)22-12-11-17-19(21-14(2)20-17)16-5-3-4-6-18(16)22/h3-10H,11-12H2,1-2H3,(H,20,21). The van der Waals surface area contributed by atoms with Crippen molar-refractivity contribution >= 4 is 15.7 Å². The molecule has 6 heteroatoms. The summed E-state index contributed by atoms with van der Waals surface area (Å²) in [5.41, 5.74) is 4.41. The first-order valence-electron chi connectivity index (χ1n) is 8.21. The summed E-state index contributed by atoms with van der Waals surface area (Å²) >= 11 is 0. The minimum absolute atomic E-state index is 0.308. The van der Waals surface area contributed by atoms with Crippen molar-refractivity contribution in [1.82, 2.24) is 9.97 Å². The Hall–Kier alpha value is -2.60. The average molecular weight is 353 g/mol. The van der Waals surface area contributed by atoms with E-state index in [1.807, 2.05) is 50.2 Å². The predicted octanol–water partition coefficient (Wildman–Crippen LogP) is 3.44. The van der Waals surface area contributed by atoms with Gasteiger partial charge in [0.1, 0.15) is 5.82 Å². The van der Waals surface area contributed by atoms with Gasteiger partial charge in [-0.15, -0.1) is 0 Å². The maximum Gasteiger partial charge on any atom is 0.264 e. The lowest BCUT2D eigenvalue weighted by molar-refractivity contribution is 0.590. The minimum atomic E-state index is -3.63. The zero-order valence-corrected chi connectivity index (χ0v) is 15.0. The van der Waals surface area contributed by atoms with Crippen LogP contribution in [0.3, 0.4) is 0 Å². The maximum atomic E-state index is 13.2. The number of sulfonamides is 1. The summed E-state index contributed by atoms with van der Waals surface area (Å²) in [7, 11) is -3.63. The lowest BCUT2D eigenvalue weighted by atomic mass is 10.1. The van der Waals surface area contributed by atoms with Gasteiger partial charge in [-0.25, -0.2) is 13.4 Å². The second kappa shape index (κ2) is 5.74. The Labute approximate surface area is 147 Å². The molecule has 0 spiro atoms. The van der Waals surface area contributed by atoms with E-state index in [9.17, 15) is 8.42 Å². The van der Waals surface area contributed by atoms with Gasteiger partial charge < -0.3 is 4.98 Å². The Morgan fingerprint density at radius 2 is 1.76 bits per heavy atom. The number of aromatic nitrogens is 2. The van der Waals surface area contributed by atoms with Crippen LogP contribution in [0.1, 0.15) is 17.1 Å². The topological polar surface area (TPSA) is 66.1 Å². The second-order valence-electron chi connectivity index (χ2n) is 6.30. The van der Waals surface area contributed by atoms with Gasteiger partial charge >= 0.3 is 0 Å². The number of hydrogen-bond donors (Lipinski definition) is 1. The molecule has 0 aliphatic carbocycles. The molecule has 4 rings (SSSR count). The number of nitrogens with one attached hydrogen (secondary N) is 1. The molecular formula is C19H19N3O2S. The molecule has 3 aromatic rings. The number of rotatable bonds is 2.